The molecule has 2 aromatic rings. The molecule has 1 aliphatic rings. The van der Waals surface area contributed by atoms with Gasteiger partial charge in [0.2, 0.25) is 0 Å². The van der Waals surface area contributed by atoms with E-state index >= 15 is 0 Å². The number of hydrogen-bond acceptors (Lipinski definition) is 4. The number of aromatic nitrogens is 2. The molecule has 3 rings (SSSR count). The predicted octanol–water partition coefficient (Wildman–Crippen LogP) is 3.82. The summed E-state index contributed by atoms with van der Waals surface area (Å²) >= 11 is 8.58. The summed E-state index contributed by atoms with van der Waals surface area (Å²) in [5.74, 6) is 0.843. The Morgan fingerprint density at radius 1 is 1.14 bits per heavy atom. The Hall–Kier alpha value is -0.450. The smallest absolute Gasteiger partial charge is 0.183 e. The van der Waals surface area contributed by atoms with Gasteiger partial charge < -0.3 is 0 Å². The molecule has 0 N–H and O–H groups in total. The molecule has 1 saturated carbocycles. The van der Waals surface area contributed by atoms with Crippen molar-refractivity contribution < 1.29 is 0 Å². The van der Waals surface area contributed by atoms with Gasteiger partial charge in [-0.05, 0) is 12.8 Å². The van der Waals surface area contributed by atoms with Gasteiger partial charge in [0.15, 0.2) is 4.47 Å². The van der Waals surface area contributed by atoms with Crippen LogP contribution in [0.4, 0.5) is 0 Å². The molecule has 1 aliphatic carbocycles. The summed E-state index contributed by atoms with van der Waals surface area (Å²) in [5.41, 5.74) is 0. The molecule has 0 unspecified atom stereocenters. The van der Waals surface area contributed by atoms with E-state index in [9.17, 15) is 0 Å². The molecule has 0 spiro atoms. The van der Waals surface area contributed by atoms with Crippen molar-refractivity contribution in [2.45, 2.75) is 18.8 Å². The van der Waals surface area contributed by atoms with Crippen molar-refractivity contribution in [1.82, 2.24) is 9.97 Å². The number of hydrogen-bond donors (Lipinski definition) is 0. The summed E-state index contributed by atoms with van der Waals surface area (Å²) in [6.07, 6.45) is 6.30. The molecule has 74 valence electrons. The molecular weight excluding hydrogens is 236 g/mol. The van der Waals surface area contributed by atoms with Gasteiger partial charge in [0.1, 0.15) is 0 Å². The maximum absolute atomic E-state index is 5.36. The van der Waals surface area contributed by atoms with E-state index < -0.39 is 0 Å². The van der Waals surface area contributed by atoms with E-state index in [0.717, 1.165) is 5.92 Å². The van der Waals surface area contributed by atoms with Crippen LogP contribution < -0.4 is 0 Å². The average molecular weight is 245 g/mol. The largest absolute Gasteiger partial charge is 0.249 e. The lowest BCUT2D eigenvalue weighted by Crippen LogP contribution is -1.70. The third kappa shape index (κ3) is 3.04. The molecular formula is C9H9ClN2S2. The minimum atomic E-state index is 0.606. The normalized spacial score (nSPS) is 14.6. The second-order valence-corrected chi connectivity index (χ2v) is 5.33. The van der Waals surface area contributed by atoms with E-state index in [2.05, 4.69) is 9.97 Å². The number of thiazole rings is 2. The van der Waals surface area contributed by atoms with Gasteiger partial charge in [-0.15, -0.1) is 22.7 Å². The summed E-state index contributed by atoms with van der Waals surface area (Å²) in [4.78, 5) is 7.90. The summed E-state index contributed by atoms with van der Waals surface area (Å²) in [6, 6.07) is 0. The highest BCUT2D eigenvalue weighted by Gasteiger charge is 2.25. The Morgan fingerprint density at radius 2 is 1.86 bits per heavy atom. The summed E-state index contributed by atoms with van der Waals surface area (Å²) in [5, 5.41) is 5.22. The second kappa shape index (κ2) is 4.87. The van der Waals surface area contributed by atoms with Crippen LogP contribution in [-0.4, -0.2) is 9.97 Å². The lowest BCUT2D eigenvalue weighted by atomic mass is 10.5. The van der Waals surface area contributed by atoms with Gasteiger partial charge in [-0.25, -0.2) is 9.97 Å². The molecule has 2 aromatic heterocycles. The van der Waals surface area contributed by atoms with Gasteiger partial charge in [0.05, 0.1) is 5.01 Å². The van der Waals surface area contributed by atoms with Gasteiger partial charge in [0, 0.05) is 29.1 Å². The number of halogens is 1. The first-order valence-electron chi connectivity index (χ1n) is 4.30. The SMILES string of the molecule is Clc1nccs1.c1csc(C2CC2)n1. The molecule has 0 aliphatic heterocycles. The van der Waals surface area contributed by atoms with Crippen molar-refractivity contribution in [2.75, 3.05) is 0 Å². The van der Waals surface area contributed by atoms with Crippen LogP contribution in [0.5, 0.6) is 0 Å². The van der Waals surface area contributed by atoms with E-state index in [1.54, 1.807) is 17.5 Å². The fraction of sp³-hybridized carbons (Fsp3) is 0.333. The highest BCUT2D eigenvalue weighted by Crippen LogP contribution is 2.40. The number of nitrogens with zero attached hydrogens (tertiary/aromatic N) is 2. The number of rotatable bonds is 1. The summed E-state index contributed by atoms with van der Waals surface area (Å²) < 4.78 is 0.606. The van der Waals surface area contributed by atoms with Crippen molar-refractivity contribution in [3.8, 4) is 0 Å². The molecule has 2 heterocycles. The van der Waals surface area contributed by atoms with Gasteiger partial charge >= 0.3 is 0 Å². The van der Waals surface area contributed by atoms with Crippen molar-refractivity contribution in [3.63, 3.8) is 0 Å². The first-order chi connectivity index (χ1) is 6.86. The van der Waals surface area contributed by atoms with Crippen LogP contribution in [0.25, 0.3) is 0 Å². The third-order valence-electron chi connectivity index (χ3n) is 1.78. The van der Waals surface area contributed by atoms with E-state index in [4.69, 9.17) is 11.6 Å². The van der Waals surface area contributed by atoms with Crippen LogP contribution in [0.15, 0.2) is 23.2 Å². The predicted molar refractivity (Wildman–Crippen MR) is 61.2 cm³/mol. The molecule has 5 heteroatoms. The average Bonchev–Trinajstić information content (AvgIpc) is 2.71. The fourth-order valence-corrected chi connectivity index (χ4v) is 2.35. The zero-order valence-corrected chi connectivity index (χ0v) is 9.78. The maximum atomic E-state index is 5.36. The van der Waals surface area contributed by atoms with E-state index in [-0.39, 0.29) is 0 Å². The quantitative estimate of drug-likeness (QED) is 0.762. The molecule has 0 radical (unpaired) electrons. The lowest BCUT2D eigenvalue weighted by molar-refractivity contribution is 1.08. The van der Waals surface area contributed by atoms with E-state index in [1.807, 2.05) is 17.0 Å². The summed E-state index contributed by atoms with van der Waals surface area (Å²) in [6.45, 7) is 0. The first kappa shape index (κ1) is 10.1. The molecule has 2 nitrogen and oxygen atoms in total. The molecule has 1 fully saturated rings. The Morgan fingerprint density at radius 3 is 2.21 bits per heavy atom. The van der Waals surface area contributed by atoms with Gasteiger partial charge in [-0.1, -0.05) is 11.6 Å². The monoisotopic (exact) mass is 244 g/mol. The minimum Gasteiger partial charge on any atom is -0.249 e. The van der Waals surface area contributed by atoms with Gasteiger partial charge in [-0.2, -0.15) is 0 Å². The van der Waals surface area contributed by atoms with Crippen LogP contribution in [0.2, 0.25) is 4.47 Å². The lowest BCUT2D eigenvalue weighted by Gasteiger charge is -1.80. The molecule has 0 amide bonds. The van der Waals surface area contributed by atoms with Crippen molar-refractivity contribution in [3.05, 3.63) is 32.6 Å². The molecule has 0 bridgehead atoms. The van der Waals surface area contributed by atoms with Crippen molar-refractivity contribution in [1.29, 1.82) is 0 Å². The Balaban J connectivity index is 0.000000112. The highest BCUT2D eigenvalue weighted by molar-refractivity contribution is 7.13. The van der Waals surface area contributed by atoms with E-state index in [0.29, 0.717) is 4.47 Å². The van der Waals surface area contributed by atoms with Crippen LogP contribution in [0, 0.1) is 0 Å². The standard InChI is InChI=1S/C6H7NS.C3H2ClNS/c1-2-5(1)6-7-3-4-8-6;4-3-5-1-2-6-3/h3-5H,1-2H2;1-2H. The molecule has 14 heavy (non-hydrogen) atoms. The molecule has 0 aromatic carbocycles. The van der Waals surface area contributed by atoms with Crippen molar-refractivity contribution in [2.24, 2.45) is 0 Å². The highest BCUT2D eigenvalue weighted by atomic mass is 35.5. The molecule has 0 atom stereocenters. The summed E-state index contributed by atoms with van der Waals surface area (Å²) in [7, 11) is 0. The van der Waals surface area contributed by atoms with Gasteiger partial charge in [-0.3, -0.25) is 0 Å². The fourth-order valence-electron chi connectivity index (χ4n) is 0.972. The topological polar surface area (TPSA) is 25.8 Å². The molecule has 0 saturated heterocycles. The van der Waals surface area contributed by atoms with Crippen molar-refractivity contribution >= 4 is 34.3 Å². The van der Waals surface area contributed by atoms with Crippen LogP contribution >= 0.6 is 34.3 Å². The minimum absolute atomic E-state index is 0.606. The van der Waals surface area contributed by atoms with Crippen LogP contribution in [0.3, 0.4) is 0 Å². The Kier molecular flexibility index (Phi) is 3.50. The third-order valence-corrected chi connectivity index (χ3v) is 3.64. The Labute approximate surface area is 95.6 Å². The second-order valence-electron chi connectivity index (χ2n) is 2.93. The Bertz CT molecular complexity index is 354. The maximum Gasteiger partial charge on any atom is 0.183 e. The van der Waals surface area contributed by atoms with Crippen LogP contribution in [-0.2, 0) is 0 Å². The zero-order valence-electron chi connectivity index (χ0n) is 7.39. The van der Waals surface area contributed by atoms with E-state index in [1.165, 1.54) is 29.2 Å². The zero-order chi connectivity index (χ0) is 9.80. The van der Waals surface area contributed by atoms with Crippen LogP contribution in [0.1, 0.15) is 23.8 Å². The first-order valence-corrected chi connectivity index (χ1v) is 6.44. The van der Waals surface area contributed by atoms with Gasteiger partial charge in [0.25, 0.3) is 0 Å².